The van der Waals surface area contributed by atoms with Crippen molar-refractivity contribution in [3.05, 3.63) is 160 Å². The number of piperazine rings is 1. The van der Waals surface area contributed by atoms with E-state index in [1.807, 2.05) is 42.6 Å². The molecule has 0 radical (unpaired) electrons. The average Bonchev–Trinajstić information content (AvgIpc) is 3.13. The molecule has 1 unspecified atom stereocenters. The largest absolute Gasteiger partial charge is 0.497 e. The van der Waals surface area contributed by atoms with Crippen LogP contribution in [0.25, 0.3) is 0 Å². The highest BCUT2D eigenvalue weighted by molar-refractivity contribution is 6.30. The molecule has 1 aliphatic rings. The molecular weight excluding hydrogens is 626 g/mol. The van der Waals surface area contributed by atoms with Gasteiger partial charge in [0.1, 0.15) is 11.6 Å². The summed E-state index contributed by atoms with van der Waals surface area (Å²) in [7, 11) is 5.86. The quantitative estimate of drug-likeness (QED) is 0.133. The van der Waals surface area contributed by atoms with E-state index in [1.54, 1.807) is 7.11 Å². The van der Waals surface area contributed by atoms with E-state index in [4.69, 9.17) is 16.3 Å². The Morgan fingerprint density at radius 3 is 2.06 bits per heavy atom. The zero-order chi connectivity index (χ0) is 34.4. The molecule has 1 fully saturated rings. The lowest BCUT2D eigenvalue weighted by Gasteiger charge is -2.40. The Kier molecular flexibility index (Phi) is 13.6. The number of hydrogen-bond acceptors (Lipinski definition) is 6. The van der Waals surface area contributed by atoms with Crippen molar-refractivity contribution in [2.75, 3.05) is 65.4 Å². The molecule has 6 nitrogen and oxygen atoms in total. The zero-order valence-electron chi connectivity index (χ0n) is 29.4. The number of aromatic nitrogens is 1. The lowest BCUT2D eigenvalue weighted by atomic mass is 9.96. The molecule has 1 aromatic heterocycles. The van der Waals surface area contributed by atoms with Gasteiger partial charge < -0.3 is 14.5 Å². The van der Waals surface area contributed by atoms with E-state index in [1.165, 1.54) is 27.8 Å². The summed E-state index contributed by atoms with van der Waals surface area (Å²) in [5.74, 6) is 1.89. The van der Waals surface area contributed by atoms with E-state index in [-0.39, 0.29) is 6.04 Å². The van der Waals surface area contributed by atoms with Gasteiger partial charge in [0.15, 0.2) is 0 Å². The number of hydrogen-bond donors (Lipinski definition) is 0. The van der Waals surface area contributed by atoms with Crippen LogP contribution in [0, 0.1) is 6.92 Å². The Labute approximate surface area is 298 Å². The maximum absolute atomic E-state index is 6.14. The van der Waals surface area contributed by atoms with E-state index in [0.717, 1.165) is 68.9 Å². The van der Waals surface area contributed by atoms with Crippen LogP contribution in [0.15, 0.2) is 128 Å². The molecule has 0 spiro atoms. The van der Waals surface area contributed by atoms with Gasteiger partial charge in [-0.25, -0.2) is 4.98 Å². The Morgan fingerprint density at radius 2 is 1.43 bits per heavy atom. The summed E-state index contributed by atoms with van der Waals surface area (Å²) in [5.41, 5.74) is 6.65. The molecule has 5 aromatic rings. The van der Waals surface area contributed by atoms with E-state index < -0.39 is 0 Å². The summed E-state index contributed by atoms with van der Waals surface area (Å²) >= 11 is 6.14. The lowest BCUT2D eigenvalue weighted by Crippen LogP contribution is -2.47. The molecule has 0 amide bonds. The number of likely N-dealkylation sites (N-methyl/N-ethyl adjacent to an activating group) is 1. The molecule has 2 heterocycles. The standard InChI is InChI=1S/C25H27ClN2.C17H23N3O/c1-20-6-5-7-21(18-20)19-27-14-16-28(17-15-27)25(22-8-3-2-4-9-22)23-10-12-24(26)13-11-23;1-19(2)12-13-20(17-6-4-5-11-18-17)14-15-7-9-16(21-3)10-8-15/h2-13,18,25H,14-17,19H2,1H3;4-11H,12-14H2,1-3H3. The van der Waals surface area contributed by atoms with Crippen LogP contribution in [0.5, 0.6) is 5.75 Å². The smallest absolute Gasteiger partial charge is 0.128 e. The third-order valence-electron chi connectivity index (χ3n) is 8.88. The van der Waals surface area contributed by atoms with E-state index >= 15 is 0 Å². The molecule has 1 aliphatic heterocycles. The second-order valence-electron chi connectivity index (χ2n) is 12.9. The zero-order valence-corrected chi connectivity index (χ0v) is 30.1. The van der Waals surface area contributed by atoms with Crippen LogP contribution in [0.4, 0.5) is 5.82 Å². The molecule has 49 heavy (non-hydrogen) atoms. The maximum atomic E-state index is 6.14. The van der Waals surface area contributed by atoms with Crippen LogP contribution in [-0.4, -0.2) is 80.2 Å². The van der Waals surface area contributed by atoms with Crippen molar-refractivity contribution in [2.24, 2.45) is 0 Å². The monoisotopic (exact) mass is 675 g/mol. The summed E-state index contributed by atoms with van der Waals surface area (Å²) < 4.78 is 5.21. The predicted molar refractivity (Wildman–Crippen MR) is 205 cm³/mol. The van der Waals surface area contributed by atoms with Crippen molar-refractivity contribution in [2.45, 2.75) is 26.1 Å². The molecule has 0 saturated carbocycles. The maximum Gasteiger partial charge on any atom is 0.128 e. The number of halogens is 1. The van der Waals surface area contributed by atoms with E-state index in [0.29, 0.717) is 0 Å². The van der Waals surface area contributed by atoms with Crippen molar-refractivity contribution in [1.29, 1.82) is 0 Å². The Balaban J connectivity index is 0.000000200. The number of ether oxygens (including phenoxy) is 1. The molecular formula is C42H50ClN5O. The second kappa shape index (κ2) is 18.5. The number of methoxy groups -OCH3 is 1. The molecule has 0 N–H and O–H groups in total. The molecule has 1 saturated heterocycles. The van der Waals surface area contributed by atoms with Crippen LogP contribution >= 0.6 is 11.6 Å². The van der Waals surface area contributed by atoms with Crippen LogP contribution in [-0.2, 0) is 13.1 Å². The number of rotatable bonds is 12. The molecule has 0 aliphatic carbocycles. The fraction of sp³-hybridized carbons (Fsp3) is 0.310. The fourth-order valence-corrected chi connectivity index (χ4v) is 6.36. The highest BCUT2D eigenvalue weighted by Crippen LogP contribution is 2.30. The van der Waals surface area contributed by atoms with Gasteiger partial charge in [0.2, 0.25) is 0 Å². The van der Waals surface area contributed by atoms with Gasteiger partial charge in [-0.3, -0.25) is 9.80 Å². The molecule has 6 rings (SSSR count). The van der Waals surface area contributed by atoms with Gasteiger partial charge in [-0.2, -0.15) is 0 Å². The van der Waals surface area contributed by atoms with Gasteiger partial charge in [-0.05, 0) is 79.7 Å². The van der Waals surface area contributed by atoms with Crippen LogP contribution in [0.2, 0.25) is 5.02 Å². The Morgan fingerprint density at radius 1 is 0.735 bits per heavy atom. The van der Waals surface area contributed by atoms with Gasteiger partial charge in [0.05, 0.1) is 13.2 Å². The van der Waals surface area contributed by atoms with Crippen molar-refractivity contribution in [3.63, 3.8) is 0 Å². The van der Waals surface area contributed by atoms with Gasteiger partial charge in [0.25, 0.3) is 0 Å². The summed E-state index contributed by atoms with van der Waals surface area (Å²) in [6.07, 6.45) is 1.84. The third-order valence-corrected chi connectivity index (χ3v) is 9.14. The first kappa shape index (κ1) is 36.1. The molecule has 7 heteroatoms. The molecule has 1 atom stereocenters. The number of benzene rings is 4. The van der Waals surface area contributed by atoms with E-state index in [2.05, 4.69) is 131 Å². The predicted octanol–water partition coefficient (Wildman–Crippen LogP) is 8.21. The van der Waals surface area contributed by atoms with E-state index in [9.17, 15) is 0 Å². The van der Waals surface area contributed by atoms with Crippen molar-refractivity contribution >= 4 is 17.4 Å². The average molecular weight is 676 g/mol. The van der Waals surface area contributed by atoms with Crippen molar-refractivity contribution in [1.82, 2.24) is 19.7 Å². The lowest BCUT2D eigenvalue weighted by molar-refractivity contribution is 0.105. The van der Waals surface area contributed by atoms with Crippen molar-refractivity contribution < 1.29 is 4.74 Å². The Hall–Kier alpha value is -4.20. The Bertz CT molecular complexity index is 1660. The minimum Gasteiger partial charge on any atom is -0.497 e. The number of anilines is 1. The minimum atomic E-state index is 0.277. The molecule has 0 bridgehead atoms. The number of aryl methyl sites for hydroxylation is 1. The van der Waals surface area contributed by atoms with Crippen LogP contribution < -0.4 is 9.64 Å². The first-order valence-electron chi connectivity index (χ1n) is 17.1. The van der Waals surface area contributed by atoms with Gasteiger partial charge in [0, 0.05) is 63.6 Å². The third kappa shape index (κ3) is 11.2. The summed E-state index contributed by atoms with van der Waals surface area (Å²) in [6.45, 7) is 10.3. The second-order valence-corrected chi connectivity index (χ2v) is 13.4. The van der Waals surface area contributed by atoms with Gasteiger partial charge in [-0.1, -0.05) is 102 Å². The van der Waals surface area contributed by atoms with Gasteiger partial charge in [-0.15, -0.1) is 0 Å². The number of pyridine rings is 1. The fourth-order valence-electron chi connectivity index (χ4n) is 6.23. The molecule has 256 valence electrons. The highest BCUT2D eigenvalue weighted by atomic mass is 35.5. The summed E-state index contributed by atoms with van der Waals surface area (Å²) in [4.78, 5) is 14.1. The first-order chi connectivity index (χ1) is 23.9. The van der Waals surface area contributed by atoms with Gasteiger partial charge >= 0.3 is 0 Å². The summed E-state index contributed by atoms with van der Waals surface area (Å²) in [6, 6.07) is 42.5. The topological polar surface area (TPSA) is 35.1 Å². The summed E-state index contributed by atoms with van der Waals surface area (Å²) in [5, 5.41) is 0.790. The highest BCUT2D eigenvalue weighted by Gasteiger charge is 2.26. The first-order valence-corrected chi connectivity index (χ1v) is 17.5. The minimum absolute atomic E-state index is 0.277. The normalized spacial score (nSPS) is 14.2. The number of nitrogens with zero attached hydrogens (tertiary/aromatic N) is 5. The van der Waals surface area contributed by atoms with Crippen LogP contribution in [0.1, 0.15) is 33.9 Å². The molecule has 4 aromatic carbocycles. The van der Waals surface area contributed by atoms with Crippen LogP contribution in [0.3, 0.4) is 0 Å². The SMILES string of the molecule is COc1ccc(CN(CCN(C)C)c2ccccn2)cc1.Cc1cccc(CN2CCN(C(c3ccccc3)c3ccc(Cl)cc3)CC2)c1. The van der Waals surface area contributed by atoms with Crippen molar-refractivity contribution in [3.8, 4) is 5.75 Å².